The van der Waals surface area contributed by atoms with Crippen molar-refractivity contribution in [2.45, 2.75) is 19.3 Å². The van der Waals surface area contributed by atoms with Crippen molar-refractivity contribution < 1.29 is 18.0 Å². The fourth-order valence-electron chi connectivity index (χ4n) is 4.15. The third-order valence-corrected chi connectivity index (χ3v) is 6.99. The molecule has 0 bridgehead atoms. The highest BCUT2D eigenvalue weighted by atomic mass is 32.1. The number of para-hydroxylation sites is 1. The summed E-state index contributed by atoms with van der Waals surface area (Å²) in [5.74, 6) is -1.74. The summed E-state index contributed by atoms with van der Waals surface area (Å²) in [6.07, 6.45) is 8.99. The number of aromatic nitrogens is 4. The lowest BCUT2D eigenvalue weighted by Crippen LogP contribution is -2.14. The number of anilines is 1. The Morgan fingerprint density at radius 2 is 2.00 bits per heavy atom. The van der Waals surface area contributed by atoms with Crippen LogP contribution in [0, 0.1) is 11.6 Å². The molecule has 1 aliphatic carbocycles. The quantitative estimate of drug-likeness (QED) is 0.352. The topological polar surface area (TPSA) is 85.8 Å². The molecule has 1 amide bonds. The number of nitrogens with zero attached hydrogens (tertiary/aromatic N) is 4. The number of oxazole rings is 1. The number of carbonyl (C=O) groups is 1. The van der Waals surface area contributed by atoms with E-state index in [-0.39, 0.29) is 5.01 Å². The molecule has 0 aliphatic heterocycles. The molecule has 10 heteroatoms. The zero-order valence-corrected chi connectivity index (χ0v) is 19.0. The summed E-state index contributed by atoms with van der Waals surface area (Å²) in [4.78, 5) is 26.6. The van der Waals surface area contributed by atoms with E-state index in [1.807, 2.05) is 22.9 Å². The lowest BCUT2D eigenvalue weighted by molar-refractivity contribution is 0.102. The Morgan fingerprint density at radius 3 is 2.80 bits per heavy atom. The molecule has 0 fully saturated rings. The number of amides is 1. The molecule has 1 aliphatic rings. The molecule has 0 saturated heterocycles. The van der Waals surface area contributed by atoms with Gasteiger partial charge < -0.3 is 14.3 Å². The highest BCUT2D eigenvalue weighted by molar-refractivity contribution is 7.17. The van der Waals surface area contributed by atoms with Crippen LogP contribution in [0.3, 0.4) is 0 Å². The molecule has 0 spiro atoms. The summed E-state index contributed by atoms with van der Waals surface area (Å²) >= 11 is 1.22. The summed E-state index contributed by atoms with van der Waals surface area (Å²) in [5.41, 5.74) is 4.02. The van der Waals surface area contributed by atoms with Crippen molar-refractivity contribution in [1.29, 1.82) is 0 Å². The number of fused-ring (bicyclic) bond motifs is 3. The number of halogens is 2. The van der Waals surface area contributed by atoms with Gasteiger partial charge in [-0.1, -0.05) is 12.1 Å². The second-order valence-electron chi connectivity index (χ2n) is 8.07. The molecule has 0 radical (unpaired) electrons. The van der Waals surface area contributed by atoms with Crippen LogP contribution in [0.5, 0.6) is 0 Å². The molecule has 6 rings (SSSR count). The van der Waals surface area contributed by atoms with E-state index in [9.17, 15) is 13.6 Å². The number of aryl methyl sites for hydroxylation is 2. The SMILES string of the molecule is O=C(Nc1c(F)cccc1F)c1nc2c(s1)-c1cc(-n3cnc(-c4cnco4)c3)ccc1CCC2. The van der Waals surface area contributed by atoms with Crippen molar-refractivity contribution >= 4 is 22.9 Å². The van der Waals surface area contributed by atoms with E-state index in [1.165, 1.54) is 23.8 Å². The minimum absolute atomic E-state index is 0.158. The molecule has 5 aromatic rings. The van der Waals surface area contributed by atoms with Gasteiger partial charge >= 0.3 is 0 Å². The molecule has 3 heterocycles. The number of thiazole rings is 1. The normalized spacial score (nSPS) is 12.6. The Labute approximate surface area is 202 Å². The third kappa shape index (κ3) is 3.91. The highest BCUT2D eigenvalue weighted by Gasteiger charge is 2.24. The van der Waals surface area contributed by atoms with Crippen molar-refractivity contribution in [3.8, 4) is 27.6 Å². The first-order valence-corrected chi connectivity index (χ1v) is 11.7. The molecule has 7 nitrogen and oxygen atoms in total. The molecule has 35 heavy (non-hydrogen) atoms. The van der Waals surface area contributed by atoms with Gasteiger partial charge in [-0.15, -0.1) is 11.3 Å². The van der Waals surface area contributed by atoms with Gasteiger partial charge in [0, 0.05) is 11.9 Å². The van der Waals surface area contributed by atoms with Crippen LogP contribution in [0.25, 0.3) is 27.6 Å². The Balaban J connectivity index is 1.35. The van der Waals surface area contributed by atoms with Crippen LogP contribution in [-0.2, 0) is 12.8 Å². The molecule has 2 aromatic carbocycles. The fraction of sp³-hybridized carbons (Fsp3) is 0.120. The van der Waals surface area contributed by atoms with Crippen LogP contribution in [0.1, 0.15) is 27.5 Å². The fourth-order valence-corrected chi connectivity index (χ4v) is 5.21. The van der Waals surface area contributed by atoms with Gasteiger partial charge in [-0.3, -0.25) is 4.79 Å². The van der Waals surface area contributed by atoms with E-state index in [0.717, 1.165) is 52.4 Å². The van der Waals surface area contributed by atoms with Crippen molar-refractivity contribution in [2.75, 3.05) is 5.32 Å². The Kier molecular flexibility index (Phi) is 5.22. The molecule has 0 atom stereocenters. The van der Waals surface area contributed by atoms with E-state index < -0.39 is 23.2 Å². The number of hydrogen-bond donors (Lipinski definition) is 1. The van der Waals surface area contributed by atoms with Crippen molar-refractivity contribution in [3.63, 3.8) is 0 Å². The number of nitrogens with one attached hydrogen (secondary N) is 1. The predicted molar refractivity (Wildman–Crippen MR) is 127 cm³/mol. The zero-order valence-electron chi connectivity index (χ0n) is 18.2. The molecule has 0 saturated carbocycles. The van der Waals surface area contributed by atoms with Gasteiger partial charge in [-0.2, -0.15) is 0 Å². The molecule has 1 N–H and O–H groups in total. The summed E-state index contributed by atoms with van der Waals surface area (Å²) < 4.78 is 35.2. The number of carbonyl (C=O) groups excluding carboxylic acids is 1. The summed E-state index contributed by atoms with van der Waals surface area (Å²) in [6.45, 7) is 0. The maximum Gasteiger partial charge on any atom is 0.284 e. The molecular formula is C25H17F2N5O2S. The minimum atomic E-state index is -0.837. The summed E-state index contributed by atoms with van der Waals surface area (Å²) in [5, 5.41) is 2.49. The van der Waals surface area contributed by atoms with Crippen LogP contribution in [-0.4, -0.2) is 25.4 Å². The number of imidazole rings is 1. The lowest BCUT2D eigenvalue weighted by atomic mass is 10.0. The van der Waals surface area contributed by atoms with Gasteiger partial charge in [0.05, 0.1) is 16.8 Å². The third-order valence-electron chi connectivity index (χ3n) is 5.86. The Bertz CT molecular complexity index is 1540. The molecule has 174 valence electrons. The van der Waals surface area contributed by atoms with Gasteiger partial charge in [-0.05, 0) is 54.7 Å². The van der Waals surface area contributed by atoms with Crippen LogP contribution >= 0.6 is 11.3 Å². The van der Waals surface area contributed by atoms with Crippen LogP contribution in [0.15, 0.2) is 65.9 Å². The number of hydrogen-bond acceptors (Lipinski definition) is 6. The highest BCUT2D eigenvalue weighted by Crippen LogP contribution is 2.38. The summed E-state index contributed by atoms with van der Waals surface area (Å²) in [7, 11) is 0. The standard InChI is InChI=1S/C25H17F2N5O2S/c26-17-4-2-5-18(27)22(17)31-24(33)25-30-19-6-1-3-14-7-8-15(9-16(14)23(19)35-25)32-11-20(29-12-32)21-10-28-13-34-21/h2,4-5,7-13H,1,3,6H2,(H,31,33). The van der Waals surface area contributed by atoms with Crippen LogP contribution < -0.4 is 5.32 Å². The monoisotopic (exact) mass is 489 g/mol. The lowest BCUT2D eigenvalue weighted by Gasteiger charge is -2.09. The van der Waals surface area contributed by atoms with Crippen LogP contribution in [0.2, 0.25) is 0 Å². The van der Waals surface area contributed by atoms with E-state index in [1.54, 1.807) is 12.5 Å². The Hall–Kier alpha value is -4.18. The maximum atomic E-state index is 14.0. The molecular weight excluding hydrogens is 472 g/mol. The first-order valence-electron chi connectivity index (χ1n) is 10.9. The van der Waals surface area contributed by atoms with Gasteiger partial charge in [-0.25, -0.2) is 23.7 Å². The van der Waals surface area contributed by atoms with E-state index in [0.29, 0.717) is 17.9 Å². The predicted octanol–water partition coefficient (Wildman–Crippen LogP) is 5.67. The van der Waals surface area contributed by atoms with E-state index >= 15 is 0 Å². The van der Waals surface area contributed by atoms with Gasteiger partial charge in [0.1, 0.15) is 29.3 Å². The molecule has 3 aromatic heterocycles. The van der Waals surface area contributed by atoms with Crippen molar-refractivity contribution in [1.82, 2.24) is 19.5 Å². The summed E-state index contributed by atoms with van der Waals surface area (Å²) in [6, 6.07) is 9.57. The average molecular weight is 490 g/mol. The first-order chi connectivity index (χ1) is 17.1. The Morgan fingerprint density at radius 1 is 1.14 bits per heavy atom. The number of benzene rings is 2. The minimum Gasteiger partial charge on any atom is -0.442 e. The van der Waals surface area contributed by atoms with Gasteiger partial charge in [0.2, 0.25) is 0 Å². The second-order valence-corrected chi connectivity index (χ2v) is 9.07. The van der Waals surface area contributed by atoms with E-state index in [2.05, 4.69) is 26.3 Å². The van der Waals surface area contributed by atoms with Gasteiger partial charge in [0.15, 0.2) is 17.2 Å². The average Bonchev–Trinajstić information content (AvgIpc) is 3.61. The maximum absolute atomic E-state index is 14.0. The van der Waals surface area contributed by atoms with Crippen molar-refractivity contribution in [2.24, 2.45) is 0 Å². The van der Waals surface area contributed by atoms with Crippen LogP contribution in [0.4, 0.5) is 14.5 Å². The van der Waals surface area contributed by atoms with Gasteiger partial charge in [0.25, 0.3) is 5.91 Å². The van der Waals surface area contributed by atoms with Crippen molar-refractivity contribution in [3.05, 3.63) is 89.4 Å². The zero-order chi connectivity index (χ0) is 23.9. The smallest absolute Gasteiger partial charge is 0.284 e. The van der Waals surface area contributed by atoms with E-state index in [4.69, 9.17) is 4.42 Å². The number of rotatable bonds is 4. The largest absolute Gasteiger partial charge is 0.442 e. The second kappa shape index (κ2) is 8.55. The first kappa shape index (κ1) is 21.4. The molecule has 0 unspecified atom stereocenters.